The molecule has 19 heavy (non-hydrogen) atoms. The first kappa shape index (κ1) is 14.4. The average Bonchev–Trinajstić information content (AvgIpc) is 3.19. The minimum atomic E-state index is -0.0581. The SMILES string of the molecule is C=CCN(CCO)C(=O)NC1CC1C1CCCCC1. The lowest BCUT2D eigenvalue weighted by molar-refractivity contribution is 0.182. The first-order valence-electron chi connectivity index (χ1n) is 7.53. The third-order valence-electron chi connectivity index (χ3n) is 4.41. The molecule has 0 bridgehead atoms. The van der Waals surface area contributed by atoms with Crippen molar-refractivity contribution in [3.63, 3.8) is 0 Å². The van der Waals surface area contributed by atoms with Crippen LogP contribution in [0, 0.1) is 11.8 Å². The number of amides is 2. The van der Waals surface area contributed by atoms with Gasteiger partial charge in [-0.3, -0.25) is 0 Å². The molecule has 2 rings (SSSR count). The Hall–Kier alpha value is -1.03. The third kappa shape index (κ3) is 3.96. The highest BCUT2D eigenvalue weighted by Gasteiger charge is 2.44. The molecule has 2 unspecified atom stereocenters. The minimum Gasteiger partial charge on any atom is -0.395 e. The van der Waals surface area contributed by atoms with Crippen molar-refractivity contribution in [2.24, 2.45) is 11.8 Å². The molecular formula is C15H26N2O2. The molecule has 0 spiro atoms. The van der Waals surface area contributed by atoms with E-state index in [1.165, 1.54) is 32.1 Å². The lowest BCUT2D eigenvalue weighted by Crippen LogP contribution is -2.43. The van der Waals surface area contributed by atoms with Crippen molar-refractivity contribution < 1.29 is 9.90 Å². The van der Waals surface area contributed by atoms with Gasteiger partial charge in [-0.2, -0.15) is 0 Å². The van der Waals surface area contributed by atoms with Gasteiger partial charge in [0.25, 0.3) is 0 Å². The normalized spacial score (nSPS) is 26.8. The summed E-state index contributed by atoms with van der Waals surface area (Å²) in [5.41, 5.74) is 0. The molecule has 2 N–H and O–H groups in total. The Morgan fingerprint density at radius 1 is 1.37 bits per heavy atom. The third-order valence-corrected chi connectivity index (χ3v) is 4.41. The van der Waals surface area contributed by atoms with E-state index >= 15 is 0 Å². The van der Waals surface area contributed by atoms with E-state index in [9.17, 15) is 4.79 Å². The molecular weight excluding hydrogens is 240 g/mol. The van der Waals surface area contributed by atoms with Crippen LogP contribution in [0.1, 0.15) is 38.5 Å². The number of nitrogens with one attached hydrogen (secondary N) is 1. The van der Waals surface area contributed by atoms with Crippen LogP contribution >= 0.6 is 0 Å². The Labute approximate surface area is 115 Å². The second-order valence-electron chi connectivity index (χ2n) is 5.81. The van der Waals surface area contributed by atoms with Crippen LogP contribution in [-0.4, -0.2) is 41.8 Å². The zero-order chi connectivity index (χ0) is 13.7. The van der Waals surface area contributed by atoms with Crippen LogP contribution in [0.3, 0.4) is 0 Å². The second-order valence-corrected chi connectivity index (χ2v) is 5.81. The molecule has 0 radical (unpaired) electrons. The molecule has 4 nitrogen and oxygen atoms in total. The fourth-order valence-electron chi connectivity index (χ4n) is 3.27. The maximum atomic E-state index is 12.1. The zero-order valence-electron chi connectivity index (χ0n) is 11.7. The molecule has 0 heterocycles. The van der Waals surface area contributed by atoms with E-state index in [1.807, 2.05) is 0 Å². The Balaban J connectivity index is 1.75. The molecule has 0 aromatic heterocycles. The number of hydrogen-bond acceptors (Lipinski definition) is 2. The first-order chi connectivity index (χ1) is 9.26. The number of hydrogen-bond donors (Lipinski definition) is 2. The minimum absolute atomic E-state index is 0.00200. The van der Waals surface area contributed by atoms with Crippen molar-refractivity contribution in [3.8, 4) is 0 Å². The van der Waals surface area contributed by atoms with Gasteiger partial charge in [0.1, 0.15) is 0 Å². The van der Waals surface area contributed by atoms with Gasteiger partial charge in [0.15, 0.2) is 0 Å². The number of carbonyl (C=O) groups is 1. The largest absolute Gasteiger partial charge is 0.395 e. The van der Waals surface area contributed by atoms with Crippen LogP contribution in [0.15, 0.2) is 12.7 Å². The summed E-state index contributed by atoms with van der Waals surface area (Å²) in [6.07, 6.45) is 9.60. The van der Waals surface area contributed by atoms with Crippen molar-refractivity contribution in [1.29, 1.82) is 0 Å². The number of nitrogens with zero attached hydrogens (tertiary/aromatic N) is 1. The summed E-state index contributed by atoms with van der Waals surface area (Å²) in [5, 5.41) is 12.1. The summed E-state index contributed by atoms with van der Waals surface area (Å²) in [6.45, 7) is 4.51. The van der Waals surface area contributed by atoms with E-state index in [0.29, 0.717) is 25.0 Å². The summed E-state index contributed by atoms with van der Waals surface area (Å²) < 4.78 is 0. The standard InChI is InChI=1S/C15H26N2O2/c1-2-8-17(9-10-18)15(19)16-14-11-13(14)12-6-4-3-5-7-12/h2,12-14,18H,1,3-11H2,(H,16,19). The number of urea groups is 1. The maximum absolute atomic E-state index is 12.1. The monoisotopic (exact) mass is 266 g/mol. The highest BCUT2D eigenvalue weighted by molar-refractivity contribution is 5.75. The first-order valence-corrected chi connectivity index (χ1v) is 7.53. The molecule has 2 saturated carbocycles. The van der Waals surface area contributed by atoms with Gasteiger partial charge in [-0.25, -0.2) is 4.79 Å². The molecule has 0 aromatic carbocycles. The quantitative estimate of drug-likeness (QED) is 0.724. The van der Waals surface area contributed by atoms with E-state index in [1.54, 1.807) is 11.0 Å². The average molecular weight is 266 g/mol. The summed E-state index contributed by atoms with van der Waals surface area (Å²) in [4.78, 5) is 13.7. The molecule has 2 aliphatic carbocycles. The number of carbonyl (C=O) groups excluding carboxylic acids is 1. The highest BCUT2D eigenvalue weighted by Crippen LogP contribution is 2.44. The van der Waals surface area contributed by atoms with Crippen molar-refractivity contribution in [3.05, 3.63) is 12.7 Å². The van der Waals surface area contributed by atoms with E-state index in [-0.39, 0.29) is 12.6 Å². The summed E-state index contributed by atoms with van der Waals surface area (Å²) in [5.74, 6) is 1.52. The summed E-state index contributed by atoms with van der Waals surface area (Å²) in [7, 11) is 0. The molecule has 0 saturated heterocycles. The van der Waals surface area contributed by atoms with Crippen LogP contribution in [0.4, 0.5) is 4.79 Å². The molecule has 2 aliphatic rings. The van der Waals surface area contributed by atoms with Crippen LogP contribution in [-0.2, 0) is 0 Å². The van der Waals surface area contributed by atoms with Gasteiger partial charge in [0, 0.05) is 19.1 Å². The van der Waals surface area contributed by atoms with Gasteiger partial charge in [-0.15, -0.1) is 6.58 Å². The van der Waals surface area contributed by atoms with E-state index < -0.39 is 0 Å². The van der Waals surface area contributed by atoms with Crippen molar-refractivity contribution in [2.75, 3.05) is 19.7 Å². The van der Waals surface area contributed by atoms with Gasteiger partial charge in [-0.05, 0) is 18.3 Å². The number of aliphatic hydroxyl groups excluding tert-OH is 1. The van der Waals surface area contributed by atoms with Crippen molar-refractivity contribution in [2.45, 2.75) is 44.6 Å². The highest BCUT2D eigenvalue weighted by atomic mass is 16.3. The van der Waals surface area contributed by atoms with Crippen molar-refractivity contribution in [1.82, 2.24) is 10.2 Å². The van der Waals surface area contributed by atoms with E-state index in [0.717, 1.165) is 12.3 Å². The predicted molar refractivity (Wildman–Crippen MR) is 75.9 cm³/mol. The topological polar surface area (TPSA) is 52.6 Å². The van der Waals surface area contributed by atoms with Gasteiger partial charge in [0.05, 0.1) is 6.61 Å². The molecule has 0 aliphatic heterocycles. The number of aliphatic hydroxyl groups is 1. The molecule has 2 atom stereocenters. The molecule has 108 valence electrons. The second kappa shape index (κ2) is 6.94. The Morgan fingerprint density at radius 3 is 2.74 bits per heavy atom. The van der Waals surface area contributed by atoms with Crippen molar-refractivity contribution >= 4 is 6.03 Å². The lowest BCUT2D eigenvalue weighted by atomic mass is 9.85. The fraction of sp³-hybridized carbons (Fsp3) is 0.800. The van der Waals surface area contributed by atoms with Gasteiger partial charge in [0.2, 0.25) is 0 Å². The Bertz CT molecular complexity index is 313. The Kier molecular flexibility index (Phi) is 5.25. The van der Waals surface area contributed by atoms with Crippen LogP contribution in [0.25, 0.3) is 0 Å². The number of rotatable bonds is 6. The maximum Gasteiger partial charge on any atom is 0.317 e. The van der Waals surface area contributed by atoms with Crippen LogP contribution < -0.4 is 5.32 Å². The van der Waals surface area contributed by atoms with Crippen LogP contribution in [0.5, 0.6) is 0 Å². The smallest absolute Gasteiger partial charge is 0.317 e. The van der Waals surface area contributed by atoms with Gasteiger partial charge < -0.3 is 15.3 Å². The zero-order valence-corrected chi connectivity index (χ0v) is 11.7. The van der Waals surface area contributed by atoms with Gasteiger partial charge >= 0.3 is 6.03 Å². The van der Waals surface area contributed by atoms with Gasteiger partial charge in [-0.1, -0.05) is 38.2 Å². The Morgan fingerprint density at radius 2 is 2.11 bits per heavy atom. The predicted octanol–water partition coefficient (Wildman–Crippen LogP) is 2.15. The summed E-state index contributed by atoms with van der Waals surface area (Å²) >= 11 is 0. The molecule has 2 amide bonds. The molecule has 0 aromatic rings. The fourth-order valence-corrected chi connectivity index (χ4v) is 3.27. The lowest BCUT2D eigenvalue weighted by Gasteiger charge is -2.23. The molecule has 4 heteroatoms. The van der Waals surface area contributed by atoms with E-state index in [4.69, 9.17) is 5.11 Å². The molecule has 2 fully saturated rings. The summed E-state index contributed by atoms with van der Waals surface area (Å²) in [6, 6.07) is 0.305. The van der Waals surface area contributed by atoms with E-state index in [2.05, 4.69) is 11.9 Å². The van der Waals surface area contributed by atoms with Crippen LogP contribution in [0.2, 0.25) is 0 Å².